The van der Waals surface area contributed by atoms with Crippen LogP contribution < -0.4 is 11.1 Å². The van der Waals surface area contributed by atoms with Gasteiger partial charge in [0.05, 0.1) is 6.54 Å². The number of guanidine groups is 1. The number of nitrogens with one attached hydrogen (secondary N) is 1. The molecule has 0 bridgehead atoms. The summed E-state index contributed by atoms with van der Waals surface area (Å²) < 4.78 is 0. The van der Waals surface area contributed by atoms with Gasteiger partial charge in [-0.3, -0.25) is 9.79 Å². The van der Waals surface area contributed by atoms with Crippen molar-refractivity contribution < 1.29 is 4.79 Å². The predicted molar refractivity (Wildman–Crippen MR) is 91.1 cm³/mol. The van der Waals surface area contributed by atoms with Crippen molar-refractivity contribution in [2.24, 2.45) is 10.7 Å². The first-order valence-electron chi connectivity index (χ1n) is 8.10. The van der Waals surface area contributed by atoms with Crippen molar-refractivity contribution in [3.63, 3.8) is 0 Å². The maximum atomic E-state index is 11.9. The summed E-state index contributed by atoms with van der Waals surface area (Å²) in [7, 11) is 0. The predicted octanol–water partition coefficient (Wildman–Crippen LogP) is 2.16. The molecule has 1 aliphatic carbocycles. The fraction of sp³-hybridized carbons (Fsp3) is 0.529. The standard InChI is InChI=1S/C17H26N4O/c1-3-21(4-2)16(22)10-11-19-17(18)20-15-9-8-13-6-5-7-14(13)12-15/h8-9,12H,3-7,10-11H2,1-2H3,(H3,18,19,20). The van der Waals surface area contributed by atoms with Crippen molar-refractivity contribution in [3.8, 4) is 0 Å². The number of hydrogen-bond acceptors (Lipinski definition) is 2. The molecule has 0 saturated heterocycles. The third-order valence-electron chi connectivity index (χ3n) is 4.09. The molecule has 0 fully saturated rings. The first-order valence-corrected chi connectivity index (χ1v) is 8.10. The van der Waals surface area contributed by atoms with Crippen LogP contribution in [0, 0.1) is 0 Å². The molecule has 1 aliphatic rings. The van der Waals surface area contributed by atoms with Gasteiger partial charge in [0.2, 0.25) is 5.91 Å². The molecule has 0 unspecified atom stereocenters. The minimum atomic E-state index is 0.124. The highest BCUT2D eigenvalue weighted by atomic mass is 16.2. The zero-order chi connectivity index (χ0) is 15.9. The Balaban J connectivity index is 1.84. The molecule has 5 nitrogen and oxygen atoms in total. The Morgan fingerprint density at radius 3 is 2.73 bits per heavy atom. The highest BCUT2D eigenvalue weighted by Crippen LogP contribution is 2.24. The van der Waals surface area contributed by atoms with Crippen LogP contribution in [-0.2, 0) is 17.6 Å². The molecule has 0 atom stereocenters. The van der Waals surface area contributed by atoms with Gasteiger partial charge in [-0.2, -0.15) is 0 Å². The summed E-state index contributed by atoms with van der Waals surface area (Å²) in [5.41, 5.74) is 9.70. The van der Waals surface area contributed by atoms with E-state index in [1.54, 1.807) is 4.90 Å². The lowest BCUT2D eigenvalue weighted by atomic mass is 10.1. The molecule has 1 amide bonds. The number of benzene rings is 1. The van der Waals surface area contributed by atoms with Gasteiger partial charge < -0.3 is 16.0 Å². The van der Waals surface area contributed by atoms with Gasteiger partial charge in [-0.1, -0.05) is 6.07 Å². The van der Waals surface area contributed by atoms with Gasteiger partial charge in [0.15, 0.2) is 5.96 Å². The van der Waals surface area contributed by atoms with E-state index in [9.17, 15) is 4.79 Å². The van der Waals surface area contributed by atoms with Crippen molar-refractivity contribution in [2.75, 3.05) is 25.0 Å². The number of nitrogens with two attached hydrogens (primary N) is 1. The van der Waals surface area contributed by atoms with Crippen LogP contribution in [0.4, 0.5) is 5.69 Å². The van der Waals surface area contributed by atoms with Crippen LogP contribution in [0.25, 0.3) is 0 Å². The second kappa shape index (κ2) is 7.82. The molecule has 0 aromatic heterocycles. The minimum absolute atomic E-state index is 0.124. The normalized spacial score (nSPS) is 13.8. The maximum Gasteiger partial charge on any atom is 0.224 e. The van der Waals surface area contributed by atoms with Crippen LogP contribution >= 0.6 is 0 Å². The SMILES string of the molecule is CCN(CC)C(=O)CCN=C(N)Nc1ccc2c(c1)CCC2. The molecule has 5 heteroatoms. The topological polar surface area (TPSA) is 70.7 Å². The summed E-state index contributed by atoms with van der Waals surface area (Å²) in [6.07, 6.45) is 3.94. The molecule has 1 aromatic rings. The Kier molecular flexibility index (Phi) is 5.81. The lowest BCUT2D eigenvalue weighted by molar-refractivity contribution is -0.130. The second-order valence-electron chi connectivity index (χ2n) is 5.55. The van der Waals surface area contributed by atoms with Crippen LogP contribution in [0.15, 0.2) is 23.2 Å². The van der Waals surface area contributed by atoms with Gasteiger partial charge in [-0.15, -0.1) is 0 Å². The van der Waals surface area contributed by atoms with Crippen LogP contribution in [0.3, 0.4) is 0 Å². The lowest BCUT2D eigenvalue weighted by Crippen LogP contribution is -2.31. The van der Waals surface area contributed by atoms with E-state index in [1.165, 1.54) is 24.0 Å². The molecule has 0 radical (unpaired) electrons. The van der Waals surface area contributed by atoms with Crippen molar-refractivity contribution >= 4 is 17.6 Å². The van der Waals surface area contributed by atoms with E-state index < -0.39 is 0 Å². The van der Waals surface area contributed by atoms with E-state index in [0.29, 0.717) is 18.9 Å². The summed E-state index contributed by atoms with van der Waals surface area (Å²) in [5, 5.41) is 3.11. The third-order valence-corrected chi connectivity index (χ3v) is 4.09. The van der Waals surface area contributed by atoms with Crippen molar-refractivity contribution in [1.82, 2.24) is 4.90 Å². The molecule has 120 valence electrons. The van der Waals surface area contributed by atoms with Gasteiger partial charge in [0.1, 0.15) is 0 Å². The Bertz CT molecular complexity index is 550. The number of hydrogen-bond donors (Lipinski definition) is 2. The quantitative estimate of drug-likeness (QED) is 0.625. The highest BCUT2D eigenvalue weighted by molar-refractivity contribution is 5.92. The number of rotatable bonds is 6. The number of carbonyl (C=O) groups is 1. The molecule has 0 heterocycles. The Morgan fingerprint density at radius 1 is 1.27 bits per heavy atom. The zero-order valence-corrected chi connectivity index (χ0v) is 13.6. The fourth-order valence-electron chi connectivity index (χ4n) is 2.84. The molecular formula is C17H26N4O. The lowest BCUT2D eigenvalue weighted by Gasteiger charge is -2.17. The summed E-state index contributed by atoms with van der Waals surface area (Å²) in [4.78, 5) is 17.9. The monoisotopic (exact) mass is 302 g/mol. The van der Waals surface area contributed by atoms with Gasteiger partial charge >= 0.3 is 0 Å². The Morgan fingerprint density at radius 2 is 2.00 bits per heavy atom. The largest absolute Gasteiger partial charge is 0.370 e. The van der Waals surface area contributed by atoms with Crippen molar-refractivity contribution in [1.29, 1.82) is 0 Å². The number of aryl methyl sites for hydroxylation is 2. The number of anilines is 1. The average molecular weight is 302 g/mol. The van der Waals surface area contributed by atoms with E-state index in [1.807, 2.05) is 19.9 Å². The molecule has 2 rings (SSSR count). The molecule has 22 heavy (non-hydrogen) atoms. The van der Waals surface area contributed by atoms with Gasteiger partial charge in [-0.25, -0.2) is 0 Å². The first-order chi connectivity index (χ1) is 10.6. The highest BCUT2D eigenvalue weighted by Gasteiger charge is 2.11. The first kappa shape index (κ1) is 16.3. The van der Waals surface area contributed by atoms with Crippen LogP contribution in [0.5, 0.6) is 0 Å². The maximum absolute atomic E-state index is 11.9. The third kappa shape index (κ3) is 4.23. The molecule has 0 saturated carbocycles. The van der Waals surface area contributed by atoms with E-state index in [2.05, 4.69) is 22.4 Å². The molecule has 1 aromatic carbocycles. The Hall–Kier alpha value is -2.04. The van der Waals surface area contributed by atoms with Crippen molar-refractivity contribution in [3.05, 3.63) is 29.3 Å². The molecule has 3 N–H and O–H groups in total. The summed E-state index contributed by atoms with van der Waals surface area (Å²) in [6, 6.07) is 6.33. The van der Waals surface area contributed by atoms with Gasteiger partial charge in [0, 0.05) is 25.2 Å². The van der Waals surface area contributed by atoms with Crippen molar-refractivity contribution in [2.45, 2.75) is 39.5 Å². The van der Waals surface area contributed by atoms with E-state index in [0.717, 1.165) is 25.2 Å². The zero-order valence-electron chi connectivity index (χ0n) is 13.6. The number of amides is 1. The minimum Gasteiger partial charge on any atom is -0.370 e. The number of nitrogens with zero attached hydrogens (tertiary/aromatic N) is 2. The van der Waals surface area contributed by atoms with Gasteiger partial charge in [0.25, 0.3) is 0 Å². The van der Waals surface area contributed by atoms with E-state index >= 15 is 0 Å². The van der Waals surface area contributed by atoms with E-state index in [4.69, 9.17) is 5.73 Å². The van der Waals surface area contributed by atoms with Gasteiger partial charge in [-0.05, 0) is 56.4 Å². The molecule has 0 spiro atoms. The Labute approximate surface area is 132 Å². The smallest absolute Gasteiger partial charge is 0.224 e. The summed E-state index contributed by atoms with van der Waals surface area (Å²) >= 11 is 0. The average Bonchev–Trinajstić information content (AvgIpc) is 2.96. The fourth-order valence-corrected chi connectivity index (χ4v) is 2.84. The number of fused-ring (bicyclic) bond motifs is 1. The summed E-state index contributed by atoms with van der Waals surface area (Å²) in [6.45, 7) is 5.85. The second-order valence-corrected chi connectivity index (χ2v) is 5.55. The number of aliphatic imine (C=N–C) groups is 1. The molecular weight excluding hydrogens is 276 g/mol. The summed E-state index contributed by atoms with van der Waals surface area (Å²) in [5.74, 6) is 0.490. The van der Waals surface area contributed by atoms with Crippen LogP contribution in [0.1, 0.15) is 37.8 Å². The van der Waals surface area contributed by atoms with E-state index in [-0.39, 0.29) is 5.91 Å². The number of carbonyl (C=O) groups excluding carboxylic acids is 1. The van der Waals surface area contributed by atoms with Crippen LogP contribution in [-0.4, -0.2) is 36.4 Å². The van der Waals surface area contributed by atoms with Crippen LogP contribution in [0.2, 0.25) is 0 Å². The molecule has 0 aliphatic heterocycles.